The number of carbonyl (C=O) groups excluding carboxylic acids is 2. The number of thiocarbonyl (C=S) groups is 2. The second-order valence-electron chi connectivity index (χ2n) is 14.0. The molecule has 8 nitrogen and oxygen atoms in total. The summed E-state index contributed by atoms with van der Waals surface area (Å²) in [4.78, 5) is 33.7. The molecule has 2 amide bonds. The fraction of sp³-hybridized carbons (Fsp3) is 0.286. The summed E-state index contributed by atoms with van der Waals surface area (Å²) in [6.07, 6.45) is 2.94. The molecule has 0 aliphatic carbocycles. The molecule has 0 bridgehead atoms. The summed E-state index contributed by atoms with van der Waals surface area (Å²) in [7, 11) is 0. The van der Waals surface area contributed by atoms with Crippen molar-refractivity contribution in [3.05, 3.63) is 124 Å². The summed E-state index contributed by atoms with van der Waals surface area (Å²) in [5, 5.41) is 7.40. The van der Waals surface area contributed by atoms with Crippen LogP contribution in [0.4, 0.5) is 11.4 Å². The van der Waals surface area contributed by atoms with Crippen molar-refractivity contribution in [1.29, 1.82) is 0 Å². The lowest BCUT2D eigenvalue weighted by atomic mass is 10.0. The Morgan fingerprint density at radius 1 is 0.683 bits per heavy atom. The first-order valence-electron chi connectivity index (χ1n) is 18.8. The van der Waals surface area contributed by atoms with E-state index in [1.54, 1.807) is 21.9 Å². The number of anilines is 2. The minimum absolute atomic E-state index is 0.200. The van der Waals surface area contributed by atoms with Crippen LogP contribution in [0, 0.1) is 0 Å². The average molecular weight is 1010 g/mol. The number of aryl methyl sites for hydroxylation is 1. The van der Waals surface area contributed by atoms with Crippen LogP contribution in [0.25, 0.3) is 17.2 Å². The van der Waals surface area contributed by atoms with Gasteiger partial charge in [0.25, 0.3) is 0 Å². The van der Waals surface area contributed by atoms with Gasteiger partial charge in [0.2, 0.25) is 19.4 Å². The van der Waals surface area contributed by atoms with Crippen LogP contribution in [0.5, 0.6) is 0 Å². The largest absolute Gasteiger partial charge is 0.332 e. The monoisotopic (exact) mass is 1000 g/mol. The van der Waals surface area contributed by atoms with E-state index in [0.717, 1.165) is 22.4 Å². The van der Waals surface area contributed by atoms with Gasteiger partial charge in [0.05, 0.1) is 21.4 Å². The summed E-state index contributed by atoms with van der Waals surface area (Å²) >= 11 is 64.2. The van der Waals surface area contributed by atoms with E-state index in [2.05, 4.69) is 10.6 Å². The molecule has 2 unspecified atom stereocenters. The van der Waals surface area contributed by atoms with E-state index in [4.69, 9.17) is 117 Å². The summed E-state index contributed by atoms with van der Waals surface area (Å²) in [6.45, 7) is 2.04. The summed E-state index contributed by atoms with van der Waals surface area (Å²) < 4.78 is -3.82. The van der Waals surface area contributed by atoms with Gasteiger partial charge in [-0.05, 0) is 90.7 Å². The van der Waals surface area contributed by atoms with Crippen molar-refractivity contribution in [3.8, 4) is 11.1 Å². The van der Waals surface area contributed by atoms with Crippen molar-refractivity contribution in [2.24, 2.45) is 0 Å². The van der Waals surface area contributed by atoms with Gasteiger partial charge in [-0.2, -0.15) is 0 Å². The lowest BCUT2D eigenvalue weighted by Gasteiger charge is -2.45. The van der Waals surface area contributed by atoms with Gasteiger partial charge in [-0.25, -0.2) is 0 Å². The van der Waals surface area contributed by atoms with Crippen molar-refractivity contribution in [2.75, 3.05) is 36.0 Å². The molecule has 0 spiro atoms. The molecule has 2 fully saturated rings. The van der Waals surface area contributed by atoms with Crippen LogP contribution in [0.1, 0.15) is 30.4 Å². The van der Waals surface area contributed by atoms with Crippen molar-refractivity contribution < 1.29 is 9.59 Å². The minimum Gasteiger partial charge on any atom is -0.332 e. The van der Waals surface area contributed by atoms with Gasteiger partial charge >= 0.3 is 0 Å². The van der Waals surface area contributed by atoms with Gasteiger partial charge < -0.3 is 30.2 Å². The number of carbonyl (C=O) groups is 2. The molecule has 2 saturated heterocycles. The zero-order valence-corrected chi connectivity index (χ0v) is 39.3. The highest BCUT2D eigenvalue weighted by molar-refractivity contribution is 7.80. The molecule has 2 heterocycles. The highest BCUT2D eigenvalue weighted by Crippen LogP contribution is 2.40. The topological polar surface area (TPSA) is 71.2 Å². The van der Waals surface area contributed by atoms with Crippen LogP contribution in [-0.2, 0) is 16.0 Å². The number of hydrogen-bond donors (Lipinski definition) is 2. The maximum Gasteiger partial charge on any atom is 0.245 e. The van der Waals surface area contributed by atoms with E-state index in [-0.39, 0.29) is 12.3 Å². The van der Waals surface area contributed by atoms with E-state index in [9.17, 15) is 9.59 Å². The Balaban J connectivity index is 1.16. The summed E-state index contributed by atoms with van der Waals surface area (Å²) in [5.41, 5.74) is 4.60. The van der Waals surface area contributed by atoms with Crippen LogP contribution >= 0.6 is 117 Å². The Morgan fingerprint density at radius 2 is 1.25 bits per heavy atom. The quantitative estimate of drug-likeness (QED) is 0.0826. The highest BCUT2D eigenvalue weighted by Gasteiger charge is 2.43. The van der Waals surface area contributed by atoms with Gasteiger partial charge in [-0.15, -0.1) is 0 Å². The Bertz CT molecular complexity index is 2240. The van der Waals surface area contributed by atoms with Crippen molar-refractivity contribution in [1.82, 2.24) is 20.4 Å². The Labute approximate surface area is 400 Å². The smallest absolute Gasteiger partial charge is 0.245 e. The molecule has 60 heavy (non-hydrogen) atoms. The third-order valence-corrected chi connectivity index (χ3v) is 12.7. The van der Waals surface area contributed by atoms with E-state index in [1.807, 2.05) is 101 Å². The summed E-state index contributed by atoms with van der Waals surface area (Å²) in [6, 6.07) is 30.1. The molecule has 0 saturated carbocycles. The molecule has 2 aliphatic rings. The molecular formula is C42H38Cl8N6O2S2. The van der Waals surface area contributed by atoms with Crippen molar-refractivity contribution >= 4 is 157 Å². The van der Waals surface area contributed by atoms with Crippen LogP contribution in [0.15, 0.2) is 103 Å². The molecule has 4 aromatic carbocycles. The van der Waals surface area contributed by atoms with Crippen LogP contribution < -0.4 is 20.4 Å². The third-order valence-electron chi connectivity index (χ3n) is 9.86. The first kappa shape index (κ1) is 46.8. The fourth-order valence-electron chi connectivity index (χ4n) is 7.00. The molecule has 0 aromatic heterocycles. The molecule has 2 aliphatic heterocycles. The maximum absolute atomic E-state index is 13.4. The standard InChI is InChI=1S/C42H38Cl8N6O2S2/c43-31-15-4-5-16-32(31)53-22-8-24-55(39(53)59)37(41(45,46)47)52-35(58)21-19-28-12-6-13-29(26-28)30-14-7-17-33(36(30)44)54-23-9-25-56(40(54)60)38(42(48,49)50)51-34(57)20-18-27-10-2-1-3-11-27/h1-7,10-17,19,21,26,37-38H,8-9,18,20,22-25H2,(H,51,57)(H,52,58)/b21-19+. The minimum atomic E-state index is -1.93. The van der Waals surface area contributed by atoms with Gasteiger partial charge in [0, 0.05) is 44.2 Å². The van der Waals surface area contributed by atoms with Crippen molar-refractivity contribution in [2.45, 2.75) is 45.6 Å². The van der Waals surface area contributed by atoms with E-state index < -0.39 is 25.8 Å². The number of para-hydroxylation sites is 1. The number of alkyl halides is 6. The second-order valence-corrected chi connectivity index (χ2v) is 20.2. The maximum atomic E-state index is 13.4. The van der Waals surface area contributed by atoms with Gasteiger partial charge in [-0.1, -0.05) is 166 Å². The highest BCUT2D eigenvalue weighted by atomic mass is 35.6. The van der Waals surface area contributed by atoms with Crippen LogP contribution in [0.2, 0.25) is 10.0 Å². The van der Waals surface area contributed by atoms with Gasteiger partial charge in [-0.3, -0.25) is 9.59 Å². The van der Waals surface area contributed by atoms with Crippen molar-refractivity contribution in [3.63, 3.8) is 0 Å². The SMILES string of the molecule is O=C(/C=C/c1cccc(-c2cccc(N3CCCN(C(NC(=O)CCc4ccccc4)C(Cl)(Cl)Cl)C3=S)c2Cl)c1)NC(N1CCCN(c2ccccc2Cl)C1=S)C(Cl)(Cl)Cl. The molecule has 6 rings (SSSR count). The second kappa shape index (κ2) is 20.6. The molecule has 4 aromatic rings. The first-order valence-corrected chi connectivity index (χ1v) is 22.6. The Morgan fingerprint density at radius 3 is 1.88 bits per heavy atom. The van der Waals surface area contributed by atoms with Gasteiger partial charge in [0.15, 0.2) is 22.6 Å². The molecular weight excluding hydrogens is 968 g/mol. The zero-order chi connectivity index (χ0) is 43.2. The predicted molar refractivity (Wildman–Crippen MR) is 259 cm³/mol. The number of benzene rings is 4. The Kier molecular flexibility index (Phi) is 16.1. The number of nitrogens with one attached hydrogen (secondary N) is 2. The molecule has 18 heteroatoms. The first-order chi connectivity index (χ1) is 28.5. The molecule has 2 atom stereocenters. The summed E-state index contributed by atoms with van der Waals surface area (Å²) in [5.74, 6) is -0.781. The number of halogens is 8. The molecule has 316 valence electrons. The van der Waals surface area contributed by atoms with E-state index in [1.165, 1.54) is 6.08 Å². The Hall–Kier alpha value is -2.74. The number of rotatable bonds is 12. The van der Waals surface area contributed by atoms with Crippen LogP contribution in [0.3, 0.4) is 0 Å². The van der Waals surface area contributed by atoms with E-state index >= 15 is 0 Å². The van der Waals surface area contributed by atoms with Crippen LogP contribution in [-0.4, -0.2) is 77.9 Å². The third kappa shape index (κ3) is 11.6. The molecule has 2 N–H and O–H groups in total. The normalized spacial score (nSPS) is 16.3. The fourth-order valence-corrected chi connectivity index (χ4v) is 9.39. The number of hydrogen-bond acceptors (Lipinski definition) is 4. The predicted octanol–water partition coefficient (Wildman–Crippen LogP) is 11.2. The lowest BCUT2D eigenvalue weighted by molar-refractivity contribution is -0.122. The lowest BCUT2D eigenvalue weighted by Crippen LogP contribution is -2.62. The van der Waals surface area contributed by atoms with E-state index in [0.29, 0.717) is 77.0 Å². The number of amides is 2. The molecule has 0 radical (unpaired) electrons. The average Bonchev–Trinajstić information content (AvgIpc) is 3.21. The zero-order valence-electron chi connectivity index (χ0n) is 31.6. The van der Waals surface area contributed by atoms with Gasteiger partial charge in [0.1, 0.15) is 0 Å². The number of nitrogens with zero attached hydrogens (tertiary/aromatic N) is 4.